The summed E-state index contributed by atoms with van der Waals surface area (Å²) in [7, 11) is 1.21. The van der Waals surface area contributed by atoms with E-state index in [1.54, 1.807) is 24.3 Å². The molecule has 5 nitrogen and oxygen atoms in total. The van der Waals surface area contributed by atoms with Gasteiger partial charge in [0.15, 0.2) is 0 Å². The number of carbonyl (C=O) groups excluding carboxylic acids is 2. The monoisotopic (exact) mass is 386 g/mol. The molecular formula is C17H14ClF3N2O3. The van der Waals surface area contributed by atoms with E-state index in [2.05, 4.69) is 15.0 Å². The Morgan fingerprint density at radius 2 is 1.85 bits per heavy atom. The van der Waals surface area contributed by atoms with Crippen LogP contribution in [0.25, 0.3) is 0 Å². The summed E-state index contributed by atoms with van der Waals surface area (Å²) in [4.78, 5) is 27.2. The van der Waals surface area contributed by atoms with Gasteiger partial charge in [-0.05, 0) is 29.8 Å². The molecular weight excluding hydrogens is 373 g/mol. The molecule has 9 heteroatoms. The molecule has 0 aliphatic rings. The number of methoxy groups -OCH3 is 1. The Kier molecular flexibility index (Phi) is 6.20. The molecule has 1 amide bonds. The second-order valence-electron chi connectivity index (χ2n) is 5.29. The van der Waals surface area contributed by atoms with Crippen molar-refractivity contribution in [3.63, 3.8) is 0 Å². The molecule has 0 radical (unpaired) electrons. The highest BCUT2D eigenvalue weighted by atomic mass is 35.5. The molecule has 0 saturated heterocycles. The average molecular weight is 387 g/mol. The third kappa shape index (κ3) is 5.19. The number of carbonyl (C=O) groups is 2. The summed E-state index contributed by atoms with van der Waals surface area (Å²) in [5.74, 6) is -1.23. The van der Waals surface area contributed by atoms with Gasteiger partial charge < -0.3 is 10.1 Å². The number of aromatic nitrogens is 1. The van der Waals surface area contributed by atoms with Crippen LogP contribution < -0.4 is 5.32 Å². The zero-order chi connectivity index (χ0) is 19.3. The number of hydrogen-bond acceptors (Lipinski definition) is 4. The fourth-order valence-electron chi connectivity index (χ4n) is 2.13. The van der Waals surface area contributed by atoms with Gasteiger partial charge in [0.25, 0.3) is 5.91 Å². The highest BCUT2D eigenvalue weighted by Gasteiger charge is 2.32. The molecule has 1 aromatic carbocycles. The van der Waals surface area contributed by atoms with Gasteiger partial charge in [0.1, 0.15) is 5.69 Å². The fraction of sp³-hybridized carbons (Fsp3) is 0.235. The maximum atomic E-state index is 12.5. The van der Waals surface area contributed by atoms with Crippen LogP contribution in [0.2, 0.25) is 5.02 Å². The number of rotatable bonds is 5. The van der Waals surface area contributed by atoms with Crippen molar-refractivity contribution < 1.29 is 27.5 Å². The molecule has 2 aromatic rings. The summed E-state index contributed by atoms with van der Waals surface area (Å²) in [6.07, 6.45) is -3.92. The van der Waals surface area contributed by atoms with Crippen LogP contribution in [0.3, 0.4) is 0 Å². The molecule has 1 unspecified atom stereocenters. The molecule has 0 fully saturated rings. The largest absolute Gasteiger partial charge is 0.469 e. The average Bonchev–Trinajstić information content (AvgIpc) is 2.61. The van der Waals surface area contributed by atoms with Crippen LogP contribution >= 0.6 is 11.6 Å². The van der Waals surface area contributed by atoms with Crippen molar-refractivity contribution in [2.24, 2.45) is 0 Å². The summed E-state index contributed by atoms with van der Waals surface area (Å²) < 4.78 is 42.2. The van der Waals surface area contributed by atoms with Gasteiger partial charge in [0.05, 0.1) is 25.1 Å². The van der Waals surface area contributed by atoms with Crippen molar-refractivity contribution in [3.05, 3.63) is 64.4 Å². The number of halogens is 4. The molecule has 26 heavy (non-hydrogen) atoms. The van der Waals surface area contributed by atoms with Crippen molar-refractivity contribution in [2.45, 2.75) is 18.6 Å². The van der Waals surface area contributed by atoms with Crippen LogP contribution in [-0.4, -0.2) is 24.0 Å². The summed E-state index contributed by atoms with van der Waals surface area (Å²) in [5.41, 5.74) is -0.576. The van der Waals surface area contributed by atoms with Crippen molar-refractivity contribution in [2.75, 3.05) is 7.11 Å². The lowest BCUT2D eigenvalue weighted by molar-refractivity contribution is -0.142. The zero-order valence-corrected chi connectivity index (χ0v) is 14.3. The number of alkyl halides is 3. The lowest BCUT2D eigenvalue weighted by atomic mass is 10.0. The number of hydrogen-bond donors (Lipinski definition) is 1. The number of esters is 1. The highest BCUT2D eigenvalue weighted by Crippen LogP contribution is 2.27. The van der Waals surface area contributed by atoms with Crippen LogP contribution in [0.4, 0.5) is 13.2 Å². The molecule has 1 aromatic heterocycles. The molecule has 1 atom stereocenters. The quantitative estimate of drug-likeness (QED) is 0.794. The third-order valence-electron chi connectivity index (χ3n) is 3.49. The van der Waals surface area contributed by atoms with Crippen molar-refractivity contribution in [1.82, 2.24) is 10.3 Å². The Bertz CT molecular complexity index is 777. The summed E-state index contributed by atoms with van der Waals surface area (Å²) in [5, 5.41) is 3.06. The van der Waals surface area contributed by atoms with E-state index in [0.29, 0.717) is 16.7 Å². The number of benzene rings is 1. The van der Waals surface area contributed by atoms with E-state index in [1.165, 1.54) is 7.11 Å². The summed E-state index contributed by atoms with van der Waals surface area (Å²) >= 11 is 5.82. The van der Waals surface area contributed by atoms with Crippen LogP contribution in [0.1, 0.15) is 34.1 Å². The second kappa shape index (κ2) is 8.18. The summed E-state index contributed by atoms with van der Waals surface area (Å²) in [6.45, 7) is 0. The zero-order valence-electron chi connectivity index (χ0n) is 13.5. The topological polar surface area (TPSA) is 68.3 Å². The number of nitrogens with one attached hydrogen (secondary N) is 1. The standard InChI is InChI=1S/C17H14ClF3N2O3/c1-26-15(24)8-13(10-2-5-12(18)6-3-10)23-16(25)11-4-7-14(22-9-11)17(19,20)21/h2-7,9,13H,8H2,1H3,(H,23,25). The molecule has 138 valence electrons. The number of pyridine rings is 1. The van der Waals surface area contributed by atoms with E-state index < -0.39 is 29.8 Å². The Hall–Kier alpha value is -2.61. The first-order valence-corrected chi connectivity index (χ1v) is 7.75. The smallest absolute Gasteiger partial charge is 0.433 e. The van der Waals surface area contributed by atoms with Crippen LogP contribution in [0, 0.1) is 0 Å². The SMILES string of the molecule is COC(=O)CC(NC(=O)c1ccc(C(F)(F)F)nc1)c1ccc(Cl)cc1. The van der Waals surface area contributed by atoms with Gasteiger partial charge >= 0.3 is 12.1 Å². The maximum absolute atomic E-state index is 12.5. The fourth-order valence-corrected chi connectivity index (χ4v) is 2.26. The molecule has 0 spiro atoms. The third-order valence-corrected chi connectivity index (χ3v) is 3.74. The van der Waals surface area contributed by atoms with Crippen molar-refractivity contribution in [3.8, 4) is 0 Å². The van der Waals surface area contributed by atoms with Gasteiger partial charge in [-0.25, -0.2) is 0 Å². The molecule has 0 aliphatic heterocycles. The Morgan fingerprint density at radius 3 is 2.35 bits per heavy atom. The molecule has 0 saturated carbocycles. The highest BCUT2D eigenvalue weighted by molar-refractivity contribution is 6.30. The van der Waals surface area contributed by atoms with Crippen molar-refractivity contribution in [1.29, 1.82) is 0 Å². The Morgan fingerprint density at radius 1 is 1.19 bits per heavy atom. The van der Waals surface area contributed by atoms with E-state index in [0.717, 1.165) is 12.3 Å². The maximum Gasteiger partial charge on any atom is 0.433 e. The Labute approximate surface area is 152 Å². The van der Waals surface area contributed by atoms with E-state index in [1.807, 2.05) is 0 Å². The first kappa shape index (κ1) is 19.7. The molecule has 1 N–H and O–H groups in total. The lowest BCUT2D eigenvalue weighted by Gasteiger charge is -2.18. The second-order valence-corrected chi connectivity index (χ2v) is 5.72. The normalized spacial score (nSPS) is 12.3. The van der Waals surface area contributed by atoms with E-state index in [9.17, 15) is 22.8 Å². The number of amides is 1. The van der Waals surface area contributed by atoms with Gasteiger partial charge in [-0.2, -0.15) is 13.2 Å². The van der Waals surface area contributed by atoms with Crippen LogP contribution in [-0.2, 0) is 15.7 Å². The van der Waals surface area contributed by atoms with Gasteiger partial charge in [0, 0.05) is 11.2 Å². The minimum absolute atomic E-state index is 0.0678. The number of ether oxygens (including phenoxy) is 1. The molecule has 0 aliphatic carbocycles. The van der Waals surface area contributed by atoms with Gasteiger partial charge in [-0.3, -0.25) is 14.6 Å². The number of nitrogens with zero attached hydrogens (tertiary/aromatic N) is 1. The predicted molar refractivity (Wildman–Crippen MR) is 87.5 cm³/mol. The van der Waals surface area contributed by atoms with Gasteiger partial charge in [-0.15, -0.1) is 0 Å². The minimum atomic E-state index is -4.59. The minimum Gasteiger partial charge on any atom is -0.469 e. The van der Waals surface area contributed by atoms with Gasteiger partial charge in [-0.1, -0.05) is 23.7 Å². The van der Waals surface area contributed by atoms with E-state index >= 15 is 0 Å². The van der Waals surface area contributed by atoms with E-state index in [-0.39, 0.29) is 12.0 Å². The molecule has 1 heterocycles. The molecule has 0 bridgehead atoms. The first-order chi connectivity index (χ1) is 12.2. The Balaban J connectivity index is 2.20. The van der Waals surface area contributed by atoms with Crippen LogP contribution in [0.5, 0.6) is 0 Å². The van der Waals surface area contributed by atoms with Crippen molar-refractivity contribution >= 4 is 23.5 Å². The van der Waals surface area contributed by atoms with Gasteiger partial charge in [0.2, 0.25) is 0 Å². The summed E-state index contributed by atoms with van der Waals surface area (Å²) in [6, 6.07) is 7.42. The van der Waals surface area contributed by atoms with Crippen LogP contribution in [0.15, 0.2) is 42.6 Å². The first-order valence-electron chi connectivity index (χ1n) is 7.37. The lowest BCUT2D eigenvalue weighted by Crippen LogP contribution is -2.30. The van der Waals surface area contributed by atoms with E-state index in [4.69, 9.17) is 11.6 Å². The predicted octanol–water partition coefficient (Wildman–Crippen LogP) is 3.79. The molecule has 2 rings (SSSR count).